The molecule has 68 heavy (non-hydrogen) atoms. The van der Waals surface area contributed by atoms with E-state index in [0.29, 0.717) is 63.4 Å². The minimum atomic E-state index is -2.43. The number of ketones is 3. The van der Waals surface area contributed by atoms with Crippen molar-refractivity contribution < 1.29 is 67.7 Å². The summed E-state index contributed by atoms with van der Waals surface area (Å²) in [5.74, 6) is -7.96. The van der Waals surface area contributed by atoms with Gasteiger partial charge < -0.3 is 48.6 Å². The summed E-state index contributed by atoms with van der Waals surface area (Å²) >= 11 is 0. The molecule has 3 aliphatic heterocycles. The predicted octanol–water partition coefficient (Wildman–Crippen LogP) is 6.20. The van der Waals surface area contributed by atoms with E-state index < -0.39 is 77.8 Å². The number of carbonyl (C=O) groups excluding carboxylic acids is 5. The van der Waals surface area contributed by atoms with Gasteiger partial charge in [0.25, 0.3) is 11.7 Å². The minimum absolute atomic E-state index is 0.0158. The summed E-state index contributed by atoms with van der Waals surface area (Å²) in [6.45, 7) is 12.9. The molecule has 3 fully saturated rings. The number of aliphatic hydroxyl groups excluding tert-OH is 2. The molecule has 0 spiro atoms. The van der Waals surface area contributed by atoms with Crippen LogP contribution in [0.1, 0.15) is 126 Å². The Kier molecular flexibility index (Phi) is 22.9. The van der Waals surface area contributed by atoms with Crippen LogP contribution in [0.15, 0.2) is 47.6 Å². The van der Waals surface area contributed by atoms with E-state index in [1.807, 2.05) is 58.1 Å². The molecule has 0 unspecified atom stereocenters. The molecule has 1 saturated carbocycles. The van der Waals surface area contributed by atoms with E-state index in [1.165, 1.54) is 12.0 Å². The number of methoxy groups -OCH3 is 3. The Labute approximate surface area is 405 Å². The van der Waals surface area contributed by atoms with Crippen LogP contribution in [-0.4, -0.2) is 145 Å². The quantitative estimate of drug-likeness (QED) is 0.134. The lowest BCUT2D eigenvalue weighted by molar-refractivity contribution is -0.265. The van der Waals surface area contributed by atoms with Crippen LogP contribution in [0.5, 0.6) is 0 Å². The molecule has 0 aromatic heterocycles. The number of Topliss-reactive ketones (excluding diaryl/α,β-unsaturated/α-hetero) is 3. The van der Waals surface area contributed by atoms with Crippen LogP contribution in [0.3, 0.4) is 0 Å². The number of aliphatic hydroxyl groups is 3. The molecule has 0 aromatic carbocycles. The summed E-state index contributed by atoms with van der Waals surface area (Å²) in [5, 5.41) is 32.8. The molecular weight excluding hydrogens is 875 g/mol. The molecule has 0 radical (unpaired) electrons. The zero-order valence-electron chi connectivity index (χ0n) is 42.4. The van der Waals surface area contributed by atoms with Crippen LogP contribution in [0.25, 0.3) is 0 Å². The van der Waals surface area contributed by atoms with Crippen molar-refractivity contribution in [1.29, 1.82) is 0 Å². The number of carbonyl (C=O) groups is 5. The molecule has 1 amide bonds. The molecule has 0 aromatic rings. The highest BCUT2D eigenvalue weighted by molar-refractivity contribution is 6.39. The molecule has 1 aliphatic carbocycles. The third-order valence-corrected chi connectivity index (χ3v) is 14.9. The number of hydrogen-bond donors (Lipinski definition) is 3. The Balaban J connectivity index is 1.70. The van der Waals surface area contributed by atoms with Crippen LogP contribution < -0.4 is 0 Å². The number of allylic oxidation sites excluding steroid dienone is 6. The number of fused-ring (bicyclic) bond motifs is 3. The number of ether oxygens (including phenoxy) is 6. The third kappa shape index (κ3) is 15.3. The first-order chi connectivity index (χ1) is 32.3. The van der Waals surface area contributed by atoms with Gasteiger partial charge in [-0.15, -0.1) is 0 Å². The Morgan fingerprint density at radius 2 is 1.59 bits per heavy atom. The van der Waals surface area contributed by atoms with E-state index >= 15 is 0 Å². The largest absolute Gasteiger partial charge is 0.460 e. The number of amides is 1. The Morgan fingerprint density at radius 3 is 2.26 bits per heavy atom. The van der Waals surface area contributed by atoms with Crippen molar-refractivity contribution in [2.45, 2.75) is 180 Å². The molecule has 15 nitrogen and oxygen atoms in total. The molecule has 384 valence electrons. The third-order valence-electron chi connectivity index (χ3n) is 14.9. The molecule has 3 heterocycles. The van der Waals surface area contributed by atoms with Gasteiger partial charge in [0.05, 0.1) is 37.6 Å². The predicted molar refractivity (Wildman–Crippen MR) is 256 cm³/mol. The fraction of sp³-hybridized carbons (Fsp3) is 0.755. The van der Waals surface area contributed by atoms with Crippen molar-refractivity contribution in [3.8, 4) is 0 Å². The number of esters is 1. The van der Waals surface area contributed by atoms with Crippen LogP contribution in [0, 0.1) is 35.5 Å². The smallest absolute Gasteiger partial charge is 0.329 e. The van der Waals surface area contributed by atoms with Gasteiger partial charge >= 0.3 is 5.97 Å². The lowest BCUT2D eigenvalue weighted by Crippen LogP contribution is -2.61. The van der Waals surface area contributed by atoms with Gasteiger partial charge in [-0.05, 0) is 107 Å². The van der Waals surface area contributed by atoms with Crippen molar-refractivity contribution >= 4 is 29.2 Å². The van der Waals surface area contributed by atoms with E-state index in [0.717, 1.165) is 12.0 Å². The zero-order chi connectivity index (χ0) is 50.3. The van der Waals surface area contributed by atoms with E-state index in [1.54, 1.807) is 41.1 Å². The van der Waals surface area contributed by atoms with Gasteiger partial charge in [0, 0.05) is 58.5 Å². The summed E-state index contributed by atoms with van der Waals surface area (Å²) in [5.41, 5.74) is 1.26. The highest BCUT2D eigenvalue weighted by Crippen LogP contribution is 2.38. The van der Waals surface area contributed by atoms with Crippen molar-refractivity contribution in [3.05, 3.63) is 47.6 Å². The Morgan fingerprint density at radius 1 is 0.853 bits per heavy atom. The van der Waals surface area contributed by atoms with Gasteiger partial charge in [-0.1, -0.05) is 71.1 Å². The molecular formula is C53H83NO14. The average molecular weight is 958 g/mol. The lowest BCUT2D eigenvalue weighted by atomic mass is 9.78. The summed E-state index contributed by atoms with van der Waals surface area (Å²) in [7, 11) is 4.58. The second-order valence-corrected chi connectivity index (χ2v) is 20.2. The highest BCUT2D eigenvalue weighted by Gasteiger charge is 2.53. The van der Waals surface area contributed by atoms with Gasteiger partial charge in [-0.2, -0.15) is 0 Å². The van der Waals surface area contributed by atoms with E-state index in [4.69, 9.17) is 28.4 Å². The van der Waals surface area contributed by atoms with Crippen molar-refractivity contribution in [3.63, 3.8) is 0 Å². The first-order valence-electron chi connectivity index (χ1n) is 25.0. The molecule has 4 aliphatic rings. The molecule has 2 bridgehead atoms. The Bertz CT molecular complexity index is 1810. The first kappa shape index (κ1) is 57.2. The number of piperidine rings is 1. The minimum Gasteiger partial charge on any atom is -0.460 e. The summed E-state index contributed by atoms with van der Waals surface area (Å²) < 4.78 is 35.6. The summed E-state index contributed by atoms with van der Waals surface area (Å²) in [4.78, 5) is 72.1. The number of nitrogens with zero attached hydrogens (tertiary/aromatic N) is 1. The van der Waals surface area contributed by atoms with E-state index in [9.17, 15) is 39.3 Å². The highest BCUT2D eigenvalue weighted by atomic mass is 16.6. The van der Waals surface area contributed by atoms with Gasteiger partial charge in [0.2, 0.25) is 5.79 Å². The van der Waals surface area contributed by atoms with Crippen molar-refractivity contribution in [2.75, 3.05) is 41.1 Å². The number of rotatable bonds is 9. The zero-order valence-corrected chi connectivity index (χ0v) is 42.4. The Hall–Kier alpha value is -3.41. The van der Waals surface area contributed by atoms with Gasteiger partial charge in [0.15, 0.2) is 5.78 Å². The van der Waals surface area contributed by atoms with Crippen molar-refractivity contribution in [1.82, 2.24) is 4.90 Å². The summed E-state index contributed by atoms with van der Waals surface area (Å²) in [6.07, 6.45) is 12.0. The molecule has 15 heteroatoms. The normalized spacial score (nSPS) is 39.2. The second kappa shape index (κ2) is 27.3. The number of cyclic esters (lactones) is 1. The monoisotopic (exact) mass is 958 g/mol. The maximum absolute atomic E-state index is 14.5. The van der Waals surface area contributed by atoms with Crippen LogP contribution in [0.4, 0.5) is 0 Å². The fourth-order valence-corrected chi connectivity index (χ4v) is 10.5. The summed E-state index contributed by atoms with van der Waals surface area (Å²) in [6, 6.07) is -1.14. The maximum atomic E-state index is 14.5. The van der Waals surface area contributed by atoms with Gasteiger partial charge in [-0.3, -0.25) is 19.2 Å². The van der Waals surface area contributed by atoms with Crippen LogP contribution >= 0.6 is 0 Å². The van der Waals surface area contributed by atoms with Gasteiger partial charge in [0.1, 0.15) is 30.1 Å². The van der Waals surface area contributed by atoms with E-state index in [2.05, 4.69) is 0 Å². The standard InChI is InChI=1S/C53H83NO14/c1-32-16-12-11-13-17-33(2)44(63-8)30-40-21-19-38(7)53(62,68-40)50(59)51(60)54-23-15-14-18-41(54)52(61)67-45(35(4)28-39-20-22-43(66-25-24-55)46(29-39)64-9)31-42(56)34(3)27-37(6)48(58)49(65-10)47(57)36(5)26-32/h11-13,16-17,27,32,34-36,38-41,43-46,48-49,55,58,62H,14-15,18-26,28-31H2,1-10H3/b13-11+,16-12+,33-17-,37-27+/t32-,34+,35+,36+,38-,39-,40+,41+,43-,44+,45-,46+,48-,49+,53+/m0/s1. The average Bonchev–Trinajstić information content (AvgIpc) is 3.32. The van der Waals surface area contributed by atoms with E-state index in [-0.39, 0.29) is 74.1 Å². The van der Waals surface area contributed by atoms with Crippen LogP contribution in [-0.2, 0) is 52.4 Å². The van der Waals surface area contributed by atoms with Gasteiger partial charge in [-0.25, -0.2) is 4.79 Å². The molecule has 3 N–H and O–H groups in total. The number of hydrogen-bond acceptors (Lipinski definition) is 14. The molecule has 4 rings (SSSR count). The molecule has 15 atom stereocenters. The second-order valence-electron chi connectivity index (χ2n) is 20.2. The fourth-order valence-electron chi connectivity index (χ4n) is 10.5. The van der Waals surface area contributed by atoms with Crippen LogP contribution in [0.2, 0.25) is 0 Å². The first-order valence-corrected chi connectivity index (χ1v) is 25.0. The lowest BCUT2D eigenvalue weighted by Gasteiger charge is -2.42. The topological polar surface area (TPSA) is 205 Å². The van der Waals surface area contributed by atoms with Crippen molar-refractivity contribution in [2.24, 2.45) is 35.5 Å². The SMILES string of the molecule is CO[C@@H]1C(=O)[C@H](C)C[C@@H](C)/C=C/C=C/C=C(/C)[C@H](OC)C[C@H]2CC[C@H](C)[C@@](O)(O2)C(=O)C(=O)N2CCCC[C@@H]2C(=O)O[C@H]([C@H](C)C[C@@H]2CC[C@H](OCCO)[C@H](OC)C2)CC(=O)[C@H](C)/C=C(\C)[C@@H]1O. The maximum Gasteiger partial charge on any atom is 0.329 e. The molecule has 2 saturated heterocycles.